The van der Waals surface area contributed by atoms with Gasteiger partial charge < -0.3 is 18.8 Å². The molecule has 0 N–H and O–H groups in total. The molecule has 0 saturated heterocycles. The van der Waals surface area contributed by atoms with Crippen LogP contribution >= 0.6 is 0 Å². The first kappa shape index (κ1) is 21.5. The van der Waals surface area contributed by atoms with Crippen molar-refractivity contribution in [2.45, 2.75) is 20.4 Å². The SMILES string of the molecule is CCn1cc(C=C2Oc3c(ccc(OC(=O)c4ccccc4OC)c3C)C2=O)c2ccccc21. The Morgan fingerprint density at radius 3 is 2.59 bits per heavy atom. The zero-order valence-corrected chi connectivity index (χ0v) is 19.1. The highest BCUT2D eigenvalue weighted by Gasteiger charge is 2.31. The molecule has 1 aromatic heterocycles. The van der Waals surface area contributed by atoms with Crippen molar-refractivity contribution >= 4 is 28.7 Å². The summed E-state index contributed by atoms with van der Waals surface area (Å²) in [6.45, 7) is 4.66. The minimum Gasteiger partial charge on any atom is -0.496 e. The molecule has 1 aliphatic rings. The number of nitrogens with zero attached hydrogens (tertiary/aromatic N) is 1. The third-order valence-corrected chi connectivity index (χ3v) is 6.01. The van der Waals surface area contributed by atoms with Gasteiger partial charge in [-0.25, -0.2) is 4.79 Å². The van der Waals surface area contributed by atoms with Crippen LogP contribution in [0.3, 0.4) is 0 Å². The van der Waals surface area contributed by atoms with E-state index < -0.39 is 5.97 Å². The fourth-order valence-electron chi connectivity index (χ4n) is 4.24. The number of Topliss-reactive ketones (excluding diaryl/α,β-unsaturated/α-hetero) is 1. The standard InChI is InChI=1S/C28H23NO5/c1-4-29-16-18(19-9-5-7-11-22(19)29)15-25-26(30)21-13-14-23(17(2)27(21)33-25)34-28(31)20-10-6-8-12-24(20)32-3/h5-16H,4H2,1-3H3. The molecule has 4 aromatic rings. The Bertz CT molecular complexity index is 1480. The molecule has 0 bridgehead atoms. The maximum absolute atomic E-state index is 13.1. The van der Waals surface area contributed by atoms with Gasteiger partial charge in [-0.1, -0.05) is 30.3 Å². The van der Waals surface area contributed by atoms with Crippen LogP contribution < -0.4 is 14.2 Å². The van der Waals surface area contributed by atoms with Gasteiger partial charge in [0.1, 0.15) is 22.8 Å². The molecular formula is C28H23NO5. The summed E-state index contributed by atoms with van der Waals surface area (Å²) in [5, 5.41) is 1.05. The minimum absolute atomic E-state index is 0.200. The number of aryl methyl sites for hydroxylation is 1. The third kappa shape index (κ3) is 3.53. The summed E-state index contributed by atoms with van der Waals surface area (Å²) >= 11 is 0. The molecule has 0 unspecified atom stereocenters. The largest absolute Gasteiger partial charge is 0.496 e. The van der Waals surface area contributed by atoms with Gasteiger partial charge in [-0.05, 0) is 50.3 Å². The van der Waals surface area contributed by atoms with Crippen LogP contribution in [-0.4, -0.2) is 23.4 Å². The Hall–Kier alpha value is -4.32. The summed E-state index contributed by atoms with van der Waals surface area (Å²) in [6, 6.07) is 18.2. The van der Waals surface area contributed by atoms with Gasteiger partial charge in [-0.3, -0.25) is 4.79 Å². The van der Waals surface area contributed by atoms with E-state index in [0.717, 1.165) is 23.0 Å². The Morgan fingerprint density at radius 2 is 1.79 bits per heavy atom. The second kappa shape index (κ2) is 8.56. The second-order valence-electron chi connectivity index (χ2n) is 7.98. The highest BCUT2D eigenvalue weighted by molar-refractivity contribution is 6.15. The monoisotopic (exact) mass is 453 g/mol. The van der Waals surface area contributed by atoms with Gasteiger partial charge in [-0.2, -0.15) is 0 Å². The average Bonchev–Trinajstić information content (AvgIpc) is 3.38. The fraction of sp³-hybridized carbons (Fsp3) is 0.143. The lowest BCUT2D eigenvalue weighted by molar-refractivity contribution is 0.0729. The van der Waals surface area contributed by atoms with E-state index in [1.54, 1.807) is 49.4 Å². The van der Waals surface area contributed by atoms with E-state index in [9.17, 15) is 9.59 Å². The Kier molecular flexibility index (Phi) is 5.42. The highest BCUT2D eigenvalue weighted by Crippen LogP contribution is 2.40. The predicted octanol–water partition coefficient (Wildman–Crippen LogP) is 5.81. The molecule has 0 saturated carbocycles. The molecule has 2 heterocycles. The van der Waals surface area contributed by atoms with E-state index in [-0.39, 0.29) is 11.5 Å². The number of esters is 1. The number of carbonyl (C=O) groups excluding carboxylic acids is 2. The van der Waals surface area contributed by atoms with Gasteiger partial charge >= 0.3 is 5.97 Å². The number of carbonyl (C=O) groups is 2. The van der Waals surface area contributed by atoms with Crippen molar-refractivity contribution < 1.29 is 23.8 Å². The molecular weight excluding hydrogens is 430 g/mol. The number of ether oxygens (including phenoxy) is 3. The topological polar surface area (TPSA) is 66.8 Å². The fourth-order valence-corrected chi connectivity index (χ4v) is 4.24. The van der Waals surface area contributed by atoms with E-state index >= 15 is 0 Å². The zero-order valence-electron chi connectivity index (χ0n) is 19.1. The Labute approximate surface area is 197 Å². The van der Waals surface area contributed by atoms with Crippen LogP contribution in [0, 0.1) is 6.92 Å². The number of ketones is 1. The van der Waals surface area contributed by atoms with Crippen LogP contribution in [0.25, 0.3) is 17.0 Å². The van der Waals surface area contributed by atoms with Crippen LogP contribution in [0.1, 0.15) is 38.8 Å². The molecule has 0 radical (unpaired) electrons. The van der Waals surface area contributed by atoms with Crippen LogP contribution in [0.5, 0.6) is 17.2 Å². The van der Waals surface area contributed by atoms with Gasteiger partial charge in [0.05, 0.1) is 12.7 Å². The number of fused-ring (bicyclic) bond motifs is 2. The van der Waals surface area contributed by atoms with Crippen molar-refractivity contribution in [2.24, 2.45) is 0 Å². The van der Waals surface area contributed by atoms with E-state index in [2.05, 4.69) is 17.6 Å². The Morgan fingerprint density at radius 1 is 1.03 bits per heavy atom. The molecule has 0 aliphatic carbocycles. The summed E-state index contributed by atoms with van der Waals surface area (Å²) in [5.74, 6) is 0.647. The lowest BCUT2D eigenvalue weighted by atomic mass is 10.1. The molecule has 6 heteroatoms. The summed E-state index contributed by atoms with van der Waals surface area (Å²) in [7, 11) is 1.50. The van der Waals surface area contributed by atoms with E-state index in [1.807, 2.05) is 24.4 Å². The van der Waals surface area contributed by atoms with Gasteiger partial charge in [0.15, 0.2) is 5.76 Å². The molecule has 3 aromatic carbocycles. The molecule has 0 amide bonds. The summed E-state index contributed by atoms with van der Waals surface area (Å²) < 4.78 is 19.0. The smallest absolute Gasteiger partial charge is 0.347 e. The molecule has 34 heavy (non-hydrogen) atoms. The summed E-state index contributed by atoms with van der Waals surface area (Å²) in [4.78, 5) is 25.8. The second-order valence-corrected chi connectivity index (χ2v) is 7.98. The zero-order chi connectivity index (χ0) is 23.8. The number of allylic oxidation sites excluding steroid dienone is 1. The Balaban J connectivity index is 1.47. The van der Waals surface area contributed by atoms with Crippen molar-refractivity contribution in [2.75, 3.05) is 7.11 Å². The first-order chi connectivity index (χ1) is 16.5. The number of benzene rings is 3. The van der Waals surface area contributed by atoms with Crippen LogP contribution in [0.15, 0.2) is 72.6 Å². The minimum atomic E-state index is -0.548. The van der Waals surface area contributed by atoms with Crippen molar-refractivity contribution in [3.63, 3.8) is 0 Å². The van der Waals surface area contributed by atoms with Crippen LogP contribution in [0.2, 0.25) is 0 Å². The summed E-state index contributed by atoms with van der Waals surface area (Å²) in [6.07, 6.45) is 3.79. The van der Waals surface area contributed by atoms with E-state index in [1.165, 1.54) is 7.11 Å². The number of aromatic nitrogens is 1. The number of rotatable bonds is 5. The van der Waals surface area contributed by atoms with E-state index in [4.69, 9.17) is 14.2 Å². The van der Waals surface area contributed by atoms with Crippen molar-refractivity contribution in [3.05, 3.63) is 94.9 Å². The number of hydrogen-bond donors (Lipinski definition) is 0. The lowest BCUT2D eigenvalue weighted by Gasteiger charge is -2.11. The molecule has 170 valence electrons. The first-order valence-corrected chi connectivity index (χ1v) is 11.0. The molecule has 0 fully saturated rings. The summed E-state index contributed by atoms with van der Waals surface area (Å²) in [5.41, 5.74) is 3.35. The average molecular weight is 453 g/mol. The van der Waals surface area contributed by atoms with Crippen LogP contribution in [-0.2, 0) is 6.54 Å². The number of methoxy groups -OCH3 is 1. The molecule has 0 spiro atoms. The molecule has 0 atom stereocenters. The van der Waals surface area contributed by atoms with E-state index in [0.29, 0.717) is 33.9 Å². The van der Waals surface area contributed by atoms with Crippen molar-refractivity contribution in [1.29, 1.82) is 0 Å². The third-order valence-electron chi connectivity index (χ3n) is 6.01. The number of hydrogen-bond acceptors (Lipinski definition) is 5. The highest BCUT2D eigenvalue weighted by atomic mass is 16.5. The molecule has 1 aliphatic heterocycles. The van der Waals surface area contributed by atoms with Gasteiger partial charge in [-0.15, -0.1) is 0 Å². The van der Waals surface area contributed by atoms with Crippen LogP contribution in [0.4, 0.5) is 0 Å². The quantitative estimate of drug-likeness (QED) is 0.217. The van der Waals surface area contributed by atoms with Crippen molar-refractivity contribution in [3.8, 4) is 17.2 Å². The lowest BCUT2D eigenvalue weighted by Crippen LogP contribution is -2.11. The van der Waals surface area contributed by atoms with Crippen molar-refractivity contribution in [1.82, 2.24) is 4.57 Å². The maximum Gasteiger partial charge on any atom is 0.347 e. The van der Waals surface area contributed by atoms with Gasteiger partial charge in [0.25, 0.3) is 0 Å². The normalized spacial score (nSPS) is 13.7. The maximum atomic E-state index is 13.1. The van der Waals surface area contributed by atoms with Gasteiger partial charge in [0.2, 0.25) is 5.78 Å². The molecule has 5 rings (SSSR count). The molecule has 6 nitrogen and oxygen atoms in total. The van der Waals surface area contributed by atoms with Gasteiger partial charge in [0, 0.05) is 34.8 Å². The first-order valence-electron chi connectivity index (χ1n) is 11.0. The number of para-hydroxylation sites is 2. The predicted molar refractivity (Wildman–Crippen MR) is 130 cm³/mol.